The maximum Gasteiger partial charge on any atom is 0.120 e. The molecule has 0 aliphatic heterocycles. The van der Waals surface area contributed by atoms with Crippen LogP contribution in [0.3, 0.4) is 0 Å². The van der Waals surface area contributed by atoms with E-state index in [0.29, 0.717) is 0 Å². The van der Waals surface area contributed by atoms with Crippen molar-refractivity contribution in [1.82, 2.24) is 0 Å². The maximum absolute atomic E-state index is 5.22. The summed E-state index contributed by atoms with van der Waals surface area (Å²) < 4.78 is 5.22. The largest absolute Gasteiger partial charge is 0.497 e. The number of ether oxygens (including phenoxy) is 1. The summed E-state index contributed by atoms with van der Waals surface area (Å²) in [5, 5.41) is 2.39. The number of hydrogen-bond donors (Lipinski definition) is 0. The molecule has 0 saturated heterocycles. The van der Waals surface area contributed by atoms with Crippen molar-refractivity contribution in [3.8, 4) is 5.75 Å². The van der Waals surface area contributed by atoms with Crippen molar-refractivity contribution < 1.29 is 4.74 Å². The van der Waals surface area contributed by atoms with Crippen molar-refractivity contribution >= 4 is 16.8 Å². The zero-order valence-electron chi connectivity index (χ0n) is 8.16. The van der Waals surface area contributed by atoms with Crippen LogP contribution >= 0.6 is 0 Å². The van der Waals surface area contributed by atoms with Gasteiger partial charge in [-0.3, -0.25) is 0 Å². The van der Waals surface area contributed by atoms with E-state index in [0.717, 1.165) is 11.3 Å². The van der Waals surface area contributed by atoms with Gasteiger partial charge in [0, 0.05) is 0 Å². The normalized spacial score (nSPS) is 10.1. The Bertz CT molecular complexity index is 472. The molecule has 0 atom stereocenters. The highest BCUT2D eigenvalue weighted by molar-refractivity contribution is 5.91. The topological polar surface area (TPSA) is 9.23 Å². The monoisotopic (exact) mass is 184 g/mol. The Morgan fingerprint density at radius 2 is 2.00 bits per heavy atom. The van der Waals surface area contributed by atoms with Crippen LogP contribution in [-0.4, -0.2) is 7.11 Å². The van der Waals surface area contributed by atoms with E-state index in [1.54, 1.807) is 7.11 Å². The van der Waals surface area contributed by atoms with Gasteiger partial charge in [-0.2, -0.15) is 0 Å². The second kappa shape index (κ2) is 3.54. The molecule has 2 rings (SSSR count). The zero-order chi connectivity index (χ0) is 9.97. The van der Waals surface area contributed by atoms with E-state index in [4.69, 9.17) is 4.74 Å². The lowest BCUT2D eigenvalue weighted by Crippen LogP contribution is -1.85. The summed E-state index contributed by atoms with van der Waals surface area (Å²) in [5.74, 6) is 0.874. The fourth-order valence-corrected chi connectivity index (χ4v) is 1.60. The molecule has 0 amide bonds. The summed E-state index contributed by atoms with van der Waals surface area (Å²) in [4.78, 5) is 0. The minimum atomic E-state index is 0.874. The van der Waals surface area contributed by atoms with Crippen LogP contribution in [-0.2, 0) is 0 Å². The van der Waals surface area contributed by atoms with Crippen LogP contribution in [0, 0.1) is 0 Å². The van der Waals surface area contributed by atoms with Crippen LogP contribution in [0.15, 0.2) is 43.0 Å². The Labute approximate surface area is 83.6 Å². The van der Waals surface area contributed by atoms with Crippen LogP contribution < -0.4 is 4.74 Å². The van der Waals surface area contributed by atoms with E-state index in [2.05, 4.69) is 18.7 Å². The SMILES string of the molecule is C=Cc1cc(OC)cc2ccccc12. The smallest absolute Gasteiger partial charge is 0.120 e. The molecule has 1 heteroatoms. The fourth-order valence-electron chi connectivity index (χ4n) is 1.60. The number of rotatable bonds is 2. The summed E-state index contributed by atoms with van der Waals surface area (Å²) in [6.45, 7) is 3.80. The van der Waals surface area contributed by atoms with Crippen molar-refractivity contribution in [2.45, 2.75) is 0 Å². The van der Waals surface area contributed by atoms with Crippen LogP contribution in [0.5, 0.6) is 5.75 Å². The van der Waals surface area contributed by atoms with Gasteiger partial charge in [-0.25, -0.2) is 0 Å². The lowest BCUT2D eigenvalue weighted by atomic mass is 10.0. The van der Waals surface area contributed by atoms with Gasteiger partial charge < -0.3 is 4.74 Å². The predicted molar refractivity (Wildman–Crippen MR) is 60.6 cm³/mol. The van der Waals surface area contributed by atoms with Gasteiger partial charge in [0.15, 0.2) is 0 Å². The Balaban J connectivity index is 2.79. The molecule has 0 bridgehead atoms. The maximum atomic E-state index is 5.22. The molecule has 0 heterocycles. The first-order valence-corrected chi connectivity index (χ1v) is 4.54. The third kappa shape index (κ3) is 1.37. The standard InChI is InChI=1S/C13H12O/c1-3-10-8-12(14-2)9-11-6-4-5-7-13(10)11/h3-9H,1H2,2H3. The summed E-state index contributed by atoms with van der Waals surface area (Å²) in [6.07, 6.45) is 1.85. The average Bonchev–Trinajstić information content (AvgIpc) is 2.27. The molecule has 0 aromatic heterocycles. The molecule has 0 unspecified atom stereocenters. The molecule has 2 aromatic rings. The summed E-state index contributed by atoms with van der Waals surface area (Å²) in [6, 6.07) is 12.2. The molecule has 0 spiro atoms. The molecular weight excluding hydrogens is 172 g/mol. The van der Waals surface area contributed by atoms with Gasteiger partial charge in [0.1, 0.15) is 5.75 Å². The number of benzene rings is 2. The minimum absolute atomic E-state index is 0.874. The van der Waals surface area contributed by atoms with Crippen molar-refractivity contribution in [2.75, 3.05) is 7.11 Å². The van der Waals surface area contributed by atoms with Crippen LogP contribution in [0.1, 0.15) is 5.56 Å². The molecule has 0 radical (unpaired) electrons. The quantitative estimate of drug-likeness (QED) is 0.694. The molecule has 0 aliphatic carbocycles. The first-order chi connectivity index (χ1) is 6.85. The van der Waals surface area contributed by atoms with Gasteiger partial charge in [-0.1, -0.05) is 36.9 Å². The van der Waals surface area contributed by atoms with Gasteiger partial charge in [-0.05, 0) is 28.5 Å². The Morgan fingerprint density at radius 3 is 2.71 bits per heavy atom. The third-order valence-electron chi connectivity index (χ3n) is 2.32. The molecule has 70 valence electrons. The van der Waals surface area contributed by atoms with E-state index in [1.165, 1.54) is 10.8 Å². The molecule has 1 nitrogen and oxygen atoms in total. The van der Waals surface area contributed by atoms with Gasteiger partial charge in [0.05, 0.1) is 7.11 Å². The second-order valence-corrected chi connectivity index (χ2v) is 3.14. The molecule has 0 aliphatic rings. The molecular formula is C13H12O. The highest BCUT2D eigenvalue weighted by Gasteiger charge is 2.00. The minimum Gasteiger partial charge on any atom is -0.497 e. The van der Waals surface area contributed by atoms with E-state index >= 15 is 0 Å². The van der Waals surface area contributed by atoms with E-state index in [1.807, 2.05) is 30.3 Å². The van der Waals surface area contributed by atoms with Gasteiger partial charge >= 0.3 is 0 Å². The first kappa shape index (κ1) is 8.82. The Hall–Kier alpha value is -1.76. The first-order valence-electron chi connectivity index (χ1n) is 4.54. The lowest BCUT2D eigenvalue weighted by molar-refractivity contribution is 0.415. The highest BCUT2D eigenvalue weighted by atomic mass is 16.5. The second-order valence-electron chi connectivity index (χ2n) is 3.14. The molecule has 14 heavy (non-hydrogen) atoms. The van der Waals surface area contributed by atoms with Crippen molar-refractivity contribution in [1.29, 1.82) is 0 Å². The summed E-state index contributed by atoms with van der Waals surface area (Å²) >= 11 is 0. The molecule has 0 N–H and O–H groups in total. The average molecular weight is 184 g/mol. The van der Waals surface area contributed by atoms with Crippen molar-refractivity contribution in [3.63, 3.8) is 0 Å². The molecule has 2 aromatic carbocycles. The summed E-state index contributed by atoms with van der Waals surface area (Å²) in [5.41, 5.74) is 1.11. The van der Waals surface area contributed by atoms with Crippen LogP contribution in [0.25, 0.3) is 16.8 Å². The van der Waals surface area contributed by atoms with Crippen LogP contribution in [0.2, 0.25) is 0 Å². The van der Waals surface area contributed by atoms with E-state index < -0.39 is 0 Å². The van der Waals surface area contributed by atoms with Gasteiger partial charge in [0.2, 0.25) is 0 Å². The van der Waals surface area contributed by atoms with Gasteiger partial charge in [0.25, 0.3) is 0 Å². The molecule has 0 fully saturated rings. The Kier molecular flexibility index (Phi) is 2.23. The van der Waals surface area contributed by atoms with Crippen LogP contribution in [0.4, 0.5) is 0 Å². The van der Waals surface area contributed by atoms with Crippen molar-refractivity contribution in [2.24, 2.45) is 0 Å². The Morgan fingerprint density at radius 1 is 1.21 bits per heavy atom. The number of fused-ring (bicyclic) bond motifs is 1. The van der Waals surface area contributed by atoms with Crippen molar-refractivity contribution in [3.05, 3.63) is 48.5 Å². The predicted octanol–water partition coefficient (Wildman–Crippen LogP) is 3.49. The summed E-state index contributed by atoms with van der Waals surface area (Å²) in [7, 11) is 1.68. The zero-order valence-corrected chi connectivity index (χ0v) is 8.16. The van der Waals surface area contributed by atoms with E-state index in [9.17, 15) is 0 Å². The molecule has 0 saturated carbocycles. The van der Waals surface area contributed by atoms with Gasteiger partial charge in [-0.15, -0.1) is 0 Å². The van der Waals surface area contributed by atoms with E-state index in [-0.39, 0.29) is 0 Å². The number of methoxy groups -OCH3 is 1. The third-order valence-corrected chi connectivity index (χ3v) is 2.32. The number of hydrogen-bond acceptors (Lipinski definition) is 1. The lowest BCUT2D eigenvalue weighted by Gasteiger charge is -2.05. The highest BCUT2D eigenvalue weighted by Crippen LogP contribution is 2.25. The fraction of sp³-hybridized carbons (Fsp3) is 0.0769.